The van der Waals surface area contributed by atoms with Gasteiger partial charge in [-0.3, -0.25) is 4.79 Å². The molecule has 0 aromatic heterocycles. The first-order valence-electron chi connectivity index (χ1n) is 7.06. The number of nitrogens with one attached hydrogen (secondary N) is 1. The van der Waals surface area contributed by atoms with Crippen molar-refractivity contribution in [3.63, 3.8) is 0 Å². The highest BCUT2D eigenvalue weighted by Crippen LogP contribution is 2.15. The number of hydrogen-bond donors (Lipinski definition) is 2. The van der Waals surface area contributed by atoms with Gasteiger partial charge in [0, 0.05) is 18.7 Å². The maximum Gasteiger partial charge on any atom is 0.330 e. The predicted molar refractivity (Wildman–Crippen MR) is 87.0 cm³/mol. The minimum atomic E-state index is -0.529. The largest absolute Gasteiger partial charge is 0.462 e. The van der Waals surface area contributed by atoms with Gasteiger partial charge in [0.25, 0.3) is 6.02 Å². The molecule has 23 heavy (non-hydrogen) atoms. The van der Waals surface area contributed by atoms with Gasteiger partial charge in [-0.1, -0.05) is 25.7 Å². The highest BCUT2D eigenvalue weighted by molar-refractivity contribution is 5.81. The zero-order valence-electron chi connectivity index (χ0n) is 13.2. The summed E-state index contributed by atoms with van der Waals surface area (Å²) in [6, 6.07) is -0.0570. The van der Waals surface area contributed by atoms with Crippen LogP contribution in [0.2, 0.25) is 0 Å². The number of aliphatic imine (C=N–C) groups is 1. The number of nitrogens with zero attached hydrogens (tertiary/aromatic N) is 1. The van der Waals surface area contributed by atoms with Crippen molar-refractivity contribution < 1.29 is 19.1 Å². The third-order valence-corrected chi connectivity index (χ3v) is 2.62. The Labute approximate surface area is 135 Å². The molecule has 0 saturated carbocycles. The van der Waals surface area contributed by atoms with Gasteiger partial charge in [0.05, 0.1) is 5.70 Å². The van der Waals surface area contributed by atoms with Crippen LogP contribution in [0.3, 0.4) is 0 Å². The van der Waals surface area contributed by atoms with E-state index in [1.165, 1.54) is 6.92 Å². The number of amides is 1. The fraction of sp³-hybridized carbons (Fsp3) is 0.312. The molecule has 0 aromatic rings. The second kappa shape index (κ2) is 9.24. The molecule has 7 nitrogen and oxygen atoms in total. The lowest BCUT2D eigenvalue weighted by molar-refractivity contribution is -0.138. The topological polar surface area (TPSA) is 103 Å². The van der Waals surface area contributed by atoms with E-state index < -0.39 is 5.97 Å². The van der Waals surface area contributed by atoms with E-state index in [1.807, 2.05) is 19.1 Å². The van der Waals surface area contributed by atoms with Gasteiger partial charge in [-0.25, -0.2) is 4.79 Å². The average Bonchev–Trinajstić information content (AvgIpc) is 2.64. The molecule has 1 atom stereocenters. The highest BCUT2D eigenvalue weighted by Gasteiger charge is 2.06. The van der Waals surface area contributed by atoms with Crippen molar-refractivity contribution in [2.75, 3.05) is 13.2 Å². The summed E-state index contributed by atoms with van der Waals surface area (Å²) < 4.78 is 9.92. The Morgan fingerprint density at radius 2 is 2.13 bits per heavy atom. The van der Waals surface area contributed by atoms with E-state index in [4.69, 9.17) is 15.2 Å². The minimum Gasteiger partial charge on any atom is -0.462 e. The van der Waals surface area contributed by atoms with Crippen molar-refractivity contribution in [2.24, 2.45) is 16.6 Å². The number of carbonyl (C=O) groups excluding carboxylic acids is 2. The number of carbonyl (C=O) groups is 2. The summed E-state index contributed by atoms with van der Waals surface area (Å²) in [6.07, 6.45) is 8.36. The second-order valence-electron chi connectivity index (χ2n) is 4.76. The van der Waals surface area contributed by atoms with Crippen molar-refractivity contribution >= 4 is 17.9 Å². The van der Waals surface area contributed by atoms with Gasteiger partial charge in [0.2, 0.25) is 5.91 Å². The normalized spacial score (nSPS) is 17.5. The van der Waals surface area contributed by atoms with Gasteiger partial charge in [0.15, 0.2) is 0 Å². The number of rotatable bonds is 6. The monoisotopic (exact) mass is 319 g/mol. The number of esters is 1. The average molecular weight is 319 g/mol. The molecular weight excluding hydrogens is 298 g/mol. The SMILES string of the molecule is C=CC(=O)OCCOC(N)=NC1=CC(C)C=CC(NC(C)=O)=C1. The zero-order chi connectivity index (χ0) is 17.2. The van der Waals surface area contributed by atoms with E-state index in [-0.39, 0.29) is 31.1 Å². The molecule has 0 bridgehead atoms. The molecule has 0 heterocycles. The van der Waals surface area contributed by atoms with Crippen LogP contribution in [-0.4, -0.2) is 31.1 Å². The molecule has 7 heteroatoms. The lowest BCUT2D eigenvalue weighted by atomic mass is 10.1. The molecule has 124 valence electrons. The van der Waals surface area contributed by atoms with Crippen molar-refractivity contribution in [1.29, 1.82) is 0 Å². The first-order chi connectivity index (χ1) is 10.9. The maximum atomic E-state index is 11.1. The van der Waals surface area contributed by atoms with Crippen LogP contribution in [0.1, 0.15) is 13.8 Å². The first-order valence-corrected chi connectivity index (χ1v) is 7.06. The summed E-state index contributed by atoms with van der Waals surface area (Å²) in [5, 5.41) is 2.69. The molecule has 0 aromatic carbocycles. The van der Waals surface area contributed by atoms with Crippen molar-refractivity contribution in [1.82, 2.24) is 5.32 Å². The van der Waals surface area contributed by atoms with Crippen LogP contribution in [0.15, 0.2) is 53.3 Å². The number of ether oxygens (including phenoxy) is 2. The predicted octanol–water partition coefficient (Wildman–Crippen LogP) is 1.16. The first kappa shape index (κ1) is 18.2. The van der Waals surface area contributed by atoms with Crippen LogP contribution in [-0.2, 0) is 19.1 Å². The quantitative estimate of drug-likeness (QED) is 0.251. The summed E-state index contributed by atoms with van der Waals surface area (Å²) in [7, 11) is 0. The molecule has 0 radical (unpaired) electrons. The number of hydrogen-bond acceptors (Lipinski definition) is 5. The summed E-state index contributed by atoms with van der Waals surface area (Å²) in [4.78, 5) is 26.2. The zero-order valence-corrected chi connectivity index (χ0v) is 13.2. The molecule has 0 fully saturated rings. The Kier molecular flexibility index (Phi) is 7.32. The van der Waals surface area contributed by atoms with Gasteiger partial charge >= 0.3 is 5.97 Å². The molecule has 0 spiro atoms. The summed E-state index contributed by atoms with van der Waals surface area (Å²) in [5.41, 5.74) is 6.86. The summed E-state index contributed by atoms with van der Waals surface area (Å²) in [5.74, 6) is -0.581. The summed E-state index contributed by atoms with van der Waals surface area (Å²) in [6.45, 7) is 6.81. The molecule has 1 unspecified atom stereocenters. The van der Waals surface area contributed by atoms with Crippen LogP contribution in [0.5, 0.6) is 0 Å². The van der Waals surface area contributed by atoms with Gasteiger partial charge in [-0.15, -0.1) is 0 Å². The molecule has 1 rings (SSSR count). The highest BCUT2D eigenvalue weighted by atomic mass is 16.6. The molecule has 0 aliphatic heterocycles. The van der Waals surface area contributed by atoms with Crippen LogP contribution >= 0.6 is 0 Å². The van der Waals surface area contributed by atoms with Crippen LogP contribution in [0.4, 0.5) is 0 Å². The Hall–Kier alpha value is -2.83. The fourth-order valence-electron chi connectivity index (χ4n) is 1.69. The molecular formula is C16H21N3O4. The third kappa shape index (κ3) is 7.66. The third-order valence-electron chi connectivity index (χ3n) is 2.62. The Morgan fingerprint density at radius 3 is 2.78 bits per heavy atom. The van der Waals surface area contributed by atoms with Gasteiger partial charge < -0.3 is 20.5 Å². The fourth-order valence-corrected chi connectivity index (χ4v) is 1.69. The number of allylic oxidation sites excluding steroid dienone is 4. The Balaban J connectivity index is 2.65. The maximum absolute atomic E-state index is 11.1. The number of amidine groups is 1. The van der Waals surface area contributed by atoms with E-state index >= 15 is 0 Å². The molecule has 1 aliphatic rings. The standard InChI is InChI=1S/C16H21N3O4/c1-4-15(21)22-7-8-23-16(17)19-14-9-11(2)5-6-13(10-14)18-12(3)20/h4-6,9-11H,1,7-8H2,2-3H3,(H2,17,19)(H,18,20). The second-order valence-corrected chi connectivity index (χ2v) is 4.76. The molecule has 0 saturated heterocycles. The Bertz CT molecular complexity index is 588. The van der Waals surface area contributed by atoms with Gasteiger partial charge in [-0.05, 0) is 18.1 Å². The van der Waals surface area contributed by atoms with E-state index in [0.717, 1.165) is 6.08 Å². The van der Waals surface area contributed by atoms with E-state index in [9.17, 15) is 9.59 Å². The lowest BCUT2D eigenvalue weighted by Gasteiger charge is -2.06. The minimum absolute atomic E-state index is 0.0467. The van der Waals surface area contributed by atoms with Gasteiger partial charge in [-0.2, -0.15) is 4.99 Å². The van der Waals surface area contributed by atoms with Crippen molar-refractivity contribution in [2.45, 2.75) is 13.8 Å². The van der Waals surface area contributed by atoms with E-state index in [2.05, 4.69) is 16.9 Å². The summed E-state index contributed by atoms with van der Waals surface area (Å²) >= 11 is 0. The van der Waals surface area contributed by atoms with Crippen LogP contribution in [0, 0.1) is 5.92 Å². The van der Waals surface area contributed by atoms with Crippen LogP contribution < -0.4 is 11.1 Å². The molecule has 3 N–H and O–H groups in total. The molecule has 1 aliphatic carbocycles. The molecule has 1 amide bonds. The lowest BCUT2D eigenvalue weighted by Crippen LogP contribution is -2.20. The smallest absolute Gasteiger partial charge is 0.330 e. The van der Waals surface area contributed by atoms with Crippen LogP contribution in [0.25, 0.3) is 0 Å². The van der Waals surface area contributed by atoms with Crippen molar-refractivity contribution in [3.05, 3.63) is 48.4 Å². The van der Waals surface area contributed by atoms with E-state index in [0.29, 0.717) is 11.4 Å². The van der Waals surface area contributed by atoms with E-state index in [1.54, 1.807) is 12.2 Å². The Morgan fingerprint density at radius 1 is 1.43 bits per heavy atom. The van der Waals surface area contributed by atoms with Gasteiger partial charge in [0.1, 0.15) is 13.2 Å². The number of nitrogens with two attached hydrogens (primary N) is 1. The van der Waals surface area contributed by atoms with Crippen molar-refractivity contribution in [3.8, 4) is 0 Å².